The molecule has 3 aromatic rings. The molecule has 0 amide bonds. The van der Waals surface area contributed by atoms with Gasteiger partial charge in [0.05, 0.1) is 11.0 Å². The Morgan fingerprint density at radius 2 is 1.67 bits per heavy atom. The quantitative estimate of drug-likeness (QED) is 0.680. The first-order chi connectivity index (χ1) is 10.2. The second kappa shape index (κ2) is 5.44. The van der Waals surface area contributed by atoms with Gasteiger partial charge in [0.1, 0.15) is 11.6 Å². The molecular formula is C16H11F3N2. The Kier molecular flexibility index (Phi) is 3.48. The Morgan fingerprint density at radius 1 is 0.952 bits per heavy atom. The van der Waals surface area contributed by atoms with Crippen LogP contribution in [-0.2, 0) is 0 Å². The van der Waals surface area contributed by atoms with E-state index in [1.807, 2.05) is 0 Å². The maximum atomic E-state index is 13.5. The van der Waals surface area contributed by atoms with Crippen LogP contribution >= 0.6 is 0 Å². The minimum atomic E-state index is -2.71. The molecule has 0 aliphatic carbocycles. The molecule has 106 valence electrons. The van der Waals surface area contributed by atoms with Gasteiger partial charge in [-0.05, 0) is 30.4 Å². The van der Waals surface area contributed by atoms with Crippen molar-refractivity contribution in [3.8, 4) is 0 Å². The van der Waals surface area contributed by atoms with Gasteiger partial charge < -0.3 is 0 Å². The normalized spacial score (nSPS) is 11.8. The number of nitrogens with zero attached hydrogens (tertiary/aromatic N) is 2. The molecule has 1 aromatic heterocycles. The molecule has 0 aliphatic rings. The van der Waals surface area contributed by atoms with Crippen LogP contribution < -0.4 is 0 Å². The molecule has 0 N–H and O–H groups in total. The standard InChI is InChI=1S/C16H11F3N2/c17-12-6-2-1-5-11(12)9-10-15-20-13-7-3-4-8-14(13)21(15)16(18)19/h1-10,16H. The number of fused-ring (bicyclic) bond motifs is 1. The smallest absolute Gasteiger partial charge is 0.267 e. The van der Waals surface area contributed by atoms with E-state index in [4.69, 9.17) is 0 Å². The first kappa shape index (κ1) is 13.4. The van der Waals surface area contributed by atoms with Gasteiger partial charge in [0.15, 0.2) is 0 Å². The van der Waals surface area contributed by atoms with E-state index in [2.05, 4.69) is 4.98 Å². The highest BCUT2D eigenvalue weighted by atomic mass is 19.3. The van der Waals surface area contributed by atoms with Crippen LogP contribution in [0.5, 0.6) is 0 Å². The third-order valence-electron chi connectivity index (χ3n) is 3.14. The average Bonchev–Trinajstić information content (AvgIpc) is 2.85. The highest BCUT2D eigenvalue weighted by Crippen LogP contribution is 2.24. The number of hydrogen-bond acceptors (Lipinski definition) is 1. The summed E-state index contributed by atoms with van der Waals surface area (Å²) in [4.78, 5) is 4.15. The van der Waals surface area contributed by atoms with E-state index >= 15 is 0 Å². The Hall–Kier alpha value is -2.56. The van der Waals surface area contributed by atoms with Crippen molar-refractivity contribution in [1.82, 2.24) is 9.55 Å². The summed E-state index contributed by atoms with van der Waals surface area (Å²) in [5.74, 6) is -0.317. The Balaban J connectivity index is 2.08. The van der Waals surface area contributed by atoms with Crippen molar-refractivity contribution in [1.29, 1.82) is 0 Å². The minimum Gasteiger partial charge on any atom is -0.267 e. The van der Waals surface area contributed by atoms with Gasteiger partial charge >= 0.3 is 6.55 Å². The van der Waals surface area contributed by atoms with Gasteiger partial charge in [0.2, 0.25) is 0 Å². The van der Waals surface area contributed by atoms with Crippen LogP contribution in [0.4, 0.5) is 13.2 Å². The number of benzene rings is 2. The van der Waals surface area contributed by atoms with Gasteiger partial charge in [-0.15, -0.1) is 0 Å². The van der Waals surface area contributed by atoms with Crippen LogP contribution in [0.1, 0.15) is 17.9 Å². The van der Waals surface area contributed by atoms with Crippen molar-refractivity contribution < 1.29 is 13.2 Å². The molecule has 3 rings (SSSR count). The number of alkyl halides is 2. The average molecular weight is 288 g/mol. The molecule has 0 unspecified atom stereocenters. The summed E-state index contributed by atoms with van der Waals surface area (Å²) in [6.45, 7) is -2.71. The van der Waals surface area contributed by atoms with Crippen LogP contribution in [0, 0.1) is 5.82 Å². The summed E-state index contributed by atoms with van der Waals surface area (Å²) >= 11 is 0. The van der Waals surface area contributed by atoms with Crippen molar-refractivity contribution in [2.45, 2.75) is 6.55 Å². The maximum absolute atomic E-state index is 13.5. The van der Waals surface area contributed by atoms with Gasteiger partial charge in [-0.2, -0.15) is 8.78 Å². The summed E-state index contributed by atoms with van der Waals surface area (Å²) < 4.78 is 40.8. The molecule has 0 aliphatic heterocycles. The number of hydrogen-bond donors (Lipinski definition) is 0. The third-order valence-corrected chi connectivity index (χ3v) is 3.14. The molecule has 1 heterocycles. The highest BCUT2D eigenvalue weighted by molar-refractivity contribution is 5.80. The van der Waals surface area contributed by atoms with Crippen molar-refractivity contribution in [3.05, 3.63) is 65.7 Å². The van der Waals surface area contributed by atoms with Crippen molar-refractivity contribution in [2.24, 2.45) is 0 Å². The maximum Gasteiger partial charge on any atom is 0.320 e. The Morgan fingerprint density at radius 3 is 2.43 bits per heavy atom. The minimum absolute atomic E-state index is 0.0921. The fourth-order valence-corrected chi connectivity index (χ4v) is 2.16. The summed E-state index contributed by atoms with van der Waals surface area (Å²) in [7, 11) is 0. The predicted molar refractivity (Wildman–Crippen MR) is 76.3 cm³/mol. The van der Waals surface area contributed by atoms with E-state index in [0.29, 0.717) is 16.6 Å². The lowest BCUT2D eigenvalue weighted by Gasteiger charge is -2.04. The molecule has 0 spiro atoms. The van der Waals surface area contributed by atoms with Crippen LogP contribution in [0.25, 0.3) is 23.2 Å². The Labute approximate surface area is 119 Å². The number of rotatable bonds is 3. The molecular weight excluding hydrogens is 277 g/mol. The zero-order valence-corrected chi connectivity index (χ0v) is 10.9. The second-order valence-corrected chi connectivity index (χ2v) is 4.46. The van der Waals surface area contributed by atoms with E-state index < -0.39 is 12.4 Å². The van der Waals surface area contributed by atoms with Crippen molar-refractivity contribution in [3.63, 3.8) is 0 Å². The van der Waals surface area contributed by atoms with E-state index in [-0.39, 0.29) is 5.82 Å². The van der Waals surface area contributed by atoms with Gasteiger partial charge in [0, 0.05) is 5.56 Å². The first-order valence-corrected chi connectivity index (χ1v) is 6.34. The molecule has 0 radical (unpaired) electrons. The van der Waals surface area contributed by atoms with Crippen LogP contribution in [0.15, 0.2) is 48.5 Å². The van der Waals surface area contributed by atoms with Gasteiger partial charge in [0.25, 0.3) is 0 Å². The Bertz CT molecular complexity index is 806. The molecule has 21 heavy (non-hydrogen) atoms. The topological polar surface area (TPSA) is 17.8 Å². The van der Waals surface area contributed by atoms with E-state index in [1.54, 1.807) is 42.5 Å². The van der Waals surface area contributed by atoms with Crippen molar-refractivity contribution >= 4 is 23.2 Å². The van der Waals surface area contributed by atoms with Gasteiger partial charge in [-0.3, -0.25) is 4.57 Å². The third kappa shape index (κ3) is 2.54. The molecule has 0 saturated heterocycles. The van der Waals surface area contributed by atoms with Crippen LogP contribution in [-0.4, -0.2) is 9.55 Å². The predicted octanol–water partition coefficient (Wildman–Crippen LogP) is 4.74. The van der Waals surface area contributed by atoms with Gasteiger partial charge in [-0.25, -0.2) is 9.37 Å². The van der Waals surface area contributed by atoms with Crippen LogP contribution in [0.3, 0.4) is 0 Å². The number of aromatic nitrogens is 2. The molecule has 2 nitrogen and oxygen atoms in total. The second-order valence-electron chi connectivity index (χ2n) is 4.46. The lowest BCUT2D eigenvalue weighted by Crippen LogP contribution is -2.00. The molecule has 0 fully saturated rings. The zero-order chi connectivity index (χ0) is 14.8. The monoisotopic (exact) mass is 288 g/mol. The summed E-state index contributed by atoms with van der Waals surface area (Å²) in [5.41, 5.74) is 1.15. The van der Waals surface area contributed by atoms with E-state index in [0.717, 1.165) is 4.57 Å². The number of imidazole rings is 1. The van der Waals surface area contributed by atoms with Crippen LogP contribution in [0.2, 0.25) is 0 Å². The number of para-hydroxylation sites is 2. The fourth-order valence-electron chi connectivity index (χ4n) is 2.16. The summed E-state index contributed by atoms with van der Waals surface area (Å²) in [6.07, 6.45) is 2.83. The largest absolute Gasteiger partial charge is 0.320 e. The van der Waals surface area contributed by atoms with E-state index in [9.17, 15) is 13.2 Å². The lowest BCUT2D eigenvalue weighted by molar-refractivity contribution is 0.0739. The highest BCUT2D eigenvalue weighted by Gasteiger charge is 2.15. The molecule has 0 atom stereocenters. The molecule has 0 bridgehead atoms. The lowest BCUT2D eigenvalue weighted by atomic mass is 10.2. The van der Waals surface area contributed by atoms with Crippen molar-refractivity contribution in [2.75, 3.05) is 0 Å². The number of halogens is 3. The fraction of sp³-hybridized carbons (Fsp3) is 0.0625. The van der Waals surface area contributed by atoms with Gasteiger partial charge in [-0.1, -0.05) is 30.3 Å². The first-order valence-electron chi connectivity index (χ1n) is 6.34. The molecule has 0 saturated carbocycles. The zero-order valence-electron chi connectivity index (χ0n) is 10.9. The van der Waals surface area contributed by atoms with E-state index in [1.165, 1.54) is 18.2 Å². The summed E-state index contributed by atoms with van der Waals surface area (Å²) in [6, 6.07) is 12.8. The molecule has 2 aromatic carbocycles. The SMILES string of the molecule is Fc1ccccc1C=Cc1nc2ccccc2n1C(F)F. The molecule has 5 heteroatoms. The summed E-state index contributed by atoms with van der Waals surface area (Å²) in [5, 5.41) is 0.